The van der Waals surface area contributed by atoms with E-state index in [1.807, 2.05) is 29.1 Å². The van der Waals surface area contributed by atoms with Gasteiger partial charge in [0.2, 0.25) is 5.91 Å². The minimum Gasteiger partial charge on any atom is -0.326 e. The van der Waals surface area contributed by atoms with Crippen LogP contribution in [-0.4, -0.2) is 21.6 Å². The van der Waals surface area contributed by atoms with Crippen LogP contribution >= 0.6 is 0 Å². The van der Waals surface area contributed by atoms with Crippen molar-refractivity contribution in [2.24, 2.45) is 5.92 Å². The van der Waals surface area contributed by atoms with Gasteiger partial charge in [0.1, 0.15) is 0 Å². The Kier molecular flexibility index (Phi) is 4.70. The van der Waals surface area contributed by atoms with Gasteiger partial charge in [-0.2, -0.15) is 5.10 Å². The molecule has 6 nitrogen and oxygen atoms in total. The summed E-state index contributed by atoms with van der Waals surface area (Å²) in [6.07, 6.45) is 5.59. The maximum atomic E-state index is 12.4. The van der Waals surface area contributed by atoms with E-state index in [-0.39, 0.29) is 17.7 Å². The predicted octanol–water partition coefficient (Wildman–Crippen LogP) is 3.53. The van der Waals surface area contributed by atoms with Crippen molar-refractivity contribution >= 4 is 23.2 Å². The van der Waals surface area contributed by atoms with Gasteiger partial charge in [-0.3, -0.25) is 14.3 Å². The average molecular weight is 360 g/mol. The molecular formula is C21H20N4O2. The Morgan fingerprint density at radius 3 is 2.22 bits per heavy atom. The van der Waals surface area contributed by atoms with Crippen LogP contribution in [0.5, 0.6) is 0 Å². The van der Waals surface area contributed by atoms with E-state index in [2.05, 4.69) is 15.7 Å². The van der Waals surface area contributed by atoms with E-state index in [4.69, 9.17) is 0 Å². The summed E-state index contributed by atoms with van der Waals surface area (Å²) < 4.78 is 1.83. The Balaban J connectivity index is 1.34. The van der Waals surface area contributed by atoms with E-state index >= 15 is 0 Å². The maximum absolute atomic E-state index is 12.4. The number of amides is 2. The van der Waals surface area contributed by atoms with Crippen molar-refractivity contribution in [2.45, 2.75) is 19.4 Å². The molecule has 0 unspecified atom stereocenters. The maximum Gasteiger partial charge on any atom is 0.255 e. The standard InChI is InChI=1S/C21H20N4O2/c26-20(16-4-2-15(3-5-16)14-25-13-1-12-22-25)23-18-8-10-19(11-9-18)24-21(27)17-6-7-17/h1-5,8-13,17H,6-7,14H2,(H,23,26)(H,24,27). The third-order valence-corrected chi connectivity index (χ3v) is 4.48. The average Bonchev–Trinajstić information content (AvgIpc) is 3.42. The third kappa shape index (κ3) is 4.41. The van der Waals surface area contributed by atoms with E-state index in [9.17, 15) is 9.59 Å². The minimum atomic E-state index is -0.171. The highest BCUT2D eigenvalue weighted by molar-refractivity contribution is 6.04. The highest BCUT2D eigenvalue weighted by atomic mass is 16.2. The number of benzene rings is 2. The summed E-state index contributed by atoms with van der Waals surface area (Å²) in [6, 6.07) is 16.5. The molecule has 0 radical (unpaired) electrons. The number of rotatable bonds is 6. The molecule has 27 heavy (non-hydrogen) atoms. The predicted molar refractivity (Wildman–Crippen MR) is 104 cm³/mol. The summed E-state index contributed by atoms with van der Waals surface area (Å²) in [7, 11) is 0. The molecule has 136 valence electrons. The van der Waals surface area contributed by atoms with Crippen molar-refractivity contribution < 1.29 is 9.59 Å². The molecule has 3 aromatic rings. The van der Waals surface area contributed by atoms with E-state index < -0.39 is 0 Å². The zero-order valence-electron chi connectivity index (χ0n) is 14.8. The lowest BCUT2D eigenvalue weighted by Gasteiger charge is -2.08. The first-order chi connectivity index (χ1) is 13.2. The van der Waals surface area contributed by atoms with Gasteiger partial charge in [-0.1, -0.05) is 12.1 Å². The first-order valence-corrected chi connectivity index (χ1v) is 8.96. The fraction of sp³-hybridized carbons (Fsp3) is 0.190. The Morgan fingerprint density at radius 1 is 0.963 bits per heavy atom. The van der Waals surface area contributed by atoms with Crippen LogP contribution in [0.15, 0.2) is 67.0 Å². The Labute approximate surface area is 157 Å². The quantitative estimate of drug-likeness (QED) is 0.706. The summed E-state index contributed by atoms with van der Waals surface area (Å²) >= 11 is 0. The molecule has 0 bridgehead atoms. The summed E-state index contributed by atoms with van der Waals surface area (Å²) in [5.41, 5.74) is 3.09. The van der Waals surface area contributed by atoms with Crippen molar-refractivity contribution in [3.05, 3.63) is 78.1 Å². The lowest BCUT2D eigenvalue weighted by molar-refractivity contribution is -0.117. The van der Waals surface area contributed by atoms with E-state index in [0.29, 0.717) is 17.8 Å². The Bertz CT molecular complexity index is 927. The molecule has 6 heteroatoms. The molecular weight excluding hydrogens is 340 g/mol. The smallest absolute Gasteiger partial charge is 0.255 e. The normalized spacial score (nSPS) is 13.2. The molecule has 0 spiro atoms. The molecule has 2 N–H and O–H groups in total. The van der Waals surface area contributed by atoms with E-state index in [1.54, 1.807) is 42.6 Å². The highest BCUT2D eigenvalue weighted by Gasteiger charge is 2.29. The third-order valence-electron chi connectivity index (χ3n) is 4.48. The second-order valence-corrected chi connectivity index (χ2v) is 6.70. The van der Waals surface area contributed by atoms with Gasteiger partial charge in [0.05, 0.1) is 6.54 Å². The lowest BCUT2D eigenvalue weighted by Crippen LogP contribution is -2.14. The van der Waals surface area contributed by atoms with E-state index in [0.717, 1.165) is 24.1 Å². The number of anilines is 2. The van der Waals surface area contributed by atoms with Gasteiger partial charge in [-0.05, 0) is 60.9 Å². The first-order valence-electron chi connectivity index (χ1n) is 8.96. The number of carbonyl (C=O) groups is 2. The molecule has 1 aromatic heterocycles. The second kappa shape index (κ2) is 7.45. The van der Waals surface area contributed by atoms with Crippen LogP contribution in [0.25, 0.3) is 0 Å². The number of nitrogens with one attached hydrogen (secondary N) is 2. The van der Waals surface area contributed by atoms with Crippen LogP contribution < -0.4 is 10.6 Å². The molecule has 1 aliphatic rings. The van der Waals surface area contributed by atoms with Gasteiger partial charge < -0.3 is 10.6 Å². The lowest BCUT2D eigenvalue weighted by atomic mass is 10.1. The summed E-state index contributed by atoms with van der Waals surface area (Å²) in [5, 5.41) is 9.93. The SMILES string of the molecule is O=C(Nc1ccc(NC(=O)C2CC2)cc1)c1ccc(Cn2cccn2)cc1. The summed E-state index contributed by atoms with van der Waals surface area (Å²) in [4.78, 5) is 24.2. The number of aromatic nitrogens is 2. The monoisotopic (exact) mass is 360 g/mol. The molecule has 1 fully saturated rings. The van der Waals surface area contributed by atoms with Gasteiger partial charge in [0.25, 0.3) is 5.91 Å². The number of nitrogens with zero attached hydrogens (tertiary/aromatic N) is 2. The molecule has 0 atom stereocenters. The number of hydrogen-bond acceptors (Lipinski definition) is 3. The summed E-state index contributed by atoms with van der Waals surface area (Å²) in [5.74, 6) is 0.0676. The largest absolute Gasteiger partial charge is 0.326 e. The molecule has 0 aliphatic heterocycles. The van der Waals surface area contributed by atoms with Crippen molar-refractivity contribution in [1.82, 2.24) is 9.78 Å². The Morgan fingerprint density at radius 2 is 1.63 bits per heavy atom. The molecule has 1 aliphatic carbocycles. The molecule has 1 heterocycles. The fourth-order valence-corrected chi connectivity index (χ4v) is 2.77. The van der Waals surface area contributed by atoms with E-state index in [1.165, 1.54) is 0 Å². The molecule has 0 saturated heterocycles. The Hall–Kier alpha value is -3.41. The zero-order valence-corrected chi connectivity index (χ0v) is 14.8. The number of carbonyl (C=O) groups excluding carboxylic acids is 2. The van der Waals surface area contributed by atoms with Crippen LogP contribution in [-0.2, 0) is 11.3 Å². The topological polar surface area (TPSA) is 76.0 Å². The van der Waals surface area contributed by atoms with Crippen LogP contribution in [0.2, 0.25) is 0 Å². The van der Waals surface area contributed by atoms with Crippen LogP contribution in [0, 0.1) is 5.92 Å². The molecule has 4 rings (SSSR count). The van der Waals surface area contributed by atoms with Gasteiger partial charge in [0, 0.05) is 35.2 Å². The fourth-order valence-electron chi connectivity index (χ4n) is 2.77. The second-order valence-electron chi connectivity index (χ2n) is 6.70. The zero-order chi connectivity index (χ0) is 18.6. The highest BCUT2D eigenvalue weighted by Crippen LogP contribution is 2.30. The van der Waals surface area contributed by atoms with Gasteiger partial charge in [0.15, 0.2) is 0 Å². The van der Waals surface area contributed by atoms with Crippen LogP contribution in [0.4, 0.5) is 11.4 Å². The summed E-state index contributed by atoms with van der Waals surface area (Å²) in [6.45, 7) is 0.670. The van der Waals surface area contributed by atoms with Gasteiger partial charge in [-0.15, -0.1) is 0 Å². The van der Waals surface area contributed by atoms with Crippen molar-refractivity contribution in [3.63, 3.8) is 0 Å². The molecule has 2 amide bonds. The number of hydrogen-bond donors (Lipinski definition) is 2. The van der Waals surface area contributed by atoms with Gasteiger partial charge >= 0.3 is 0 Å². The minimum absolute atomic E-state index is 0.0713. The van der Waals surface area contributed by atoms with Crippen molar-refractivity contribution in [2.75, 3.05) is 10.6 Å². The molecule has 2 aromatic carbocycles. The first kappa shape index (κ1) is 17.0. The molecule has 1 saturated carbocycles. The van der Waals surface area contributed by atoms with Crippen LogP contribution in [0.3, 0.4) is 0 Å². The van der Waals surface area contributed by atoms with Crippen LogP contribution in [0.1, 0.15) is 28.8 Å². The van der Waals surface area contributed by atoms with Crippen molar-refractivity contribution in [3.8, 4) is 0 Å². The van der Waals surface area contributed by atoms with Crippen molar-refractivity contribution in [1.29, 1.82) is 0 Å². The van der Waals surface area contributed by atoms with Gasteiger partial charge in [-0.25, -0.2) is 0 Å².